The smallest absolute Gasteiger partial charge is 0.308 e. The number of carboxylic acids is 1. The molecule has 0 bridgehead atoms. The fraction of sp³-hybridized carbons (Fsp3) is 0.710. The quantitative estimate of drug-likeness (QED) is 0.425. The van der Waals surface area contributed by atoms with E-state index in [9.17, 15) is 19.5 Å². The molecule has 39 heavy (non-hydrogen) atoms. The molecule has 0 spiro atoms. The van der Waals surface area contributed by atoms with Crippen molar-refractivity contribution < 1.29 is 29.0 Å². The highest BCUT2D eigenvalue weighted by atomic mass is 16.7. The number of ether oxygens (including phenoxy) is 2. The van der Waals surface area contributed by atoms with Crippen molar-refractivity contribution >= 4 is 17.8 Å². The molecule has 4 rings (SSSR count). The molecule has 2 amide bonds. The fourth-order valence-corrected chi connectivity index (χ4v) is 6.71. The lowest BCUT2D eigenvalue weighted by Gasteiger charge is -2.45. The van der Waals surface area contributed by atoms with Gasteiger partial charge in [0.15, 0.2) is 5.79 Å². The van der Waals surface area contributed by atoms with E-state index in [0.717, 1.165) is 50.5 Å². The monoisotopic (exact) mass is 542 g/mol. The van der Waals surface area contributed by atoms with Crippen LogP contribution in [-0.4, -0.2) is 54.0 Å². The van der Waals surface area contributed by atoms with Crippen molar-refractivity contribution in [3.63, 3.8) is 0 Å². The summed E-state index contributed by atoms with van der Waals surface area (Å²) in [5, 5.41) is 16.4. The predicted octanol–water partition coefficient (Wildman–Crippen LogP) is 4.46. The fourth-order valence-electron chi connectivity index (χ4n) is 6.71. The zero-order valence-corrected chi connectivity index (χ0v) is 24.0. The molecule has 1 heterocycles. The largest absolute Gasteiger partial charge is 0.481 e. The minimum Gasteiger partial charge on any atom is -0.481 e. The Morgan fingerprint density at radius 1 is 1.00 bits per heavy atom. The minimum absolute atomic E-state index is 0.00239. The van der Waals surface area contributed by atoms with E-state index in [4.69, 9.17) is 9.47 Å². The van der Waals surface area contributed by atoms with Gasteiger partial charge < -0.3 is 25.2 Å². The summed E-state index contributed by atoms with van der Waals surface area (Å²) in [5.41, 5.74) is 0.158. The molecular formula is C31H46N2O6. The normalized spacial score (nSPS) is 28.3. The maximum absolute atomic E-state index is 13.8. The van der Waals surface area contributed by atoms with Crippen LogP contribution in [0, 0.1) is 22.7 Å². The van der Waals surface area contributed by atoms with Crippen molar-refractivity contribution in [2.24, 2.45) is 22.7 Å². The number of aliphatic carboxylic acids is 1. The van der Waals surface area contributed by atoms with Gasteiger partial charge in [-0.25, -0.2) is 0 Å². The van der Waals surface area contributed by atoms with E-state index in [1.165, 1.54) is 0 Å². The Labute approximate surface area is 232 Å². The molecule has 3 aliphatic rings. The highest BCUT2D eigenvalue weighted by Gasteiger charge is 2.47. The minimum atomic E-state index is -0.950. The van der Waals surface area contributed by atoms with Crippen LogP contribution < -0.4 is 10.6 Å². The number of rotatable bonds is 9. The van der Waals surface area contributed by atoms with Gasteiger partial charge in [-0.3, -0.25) is 14.4 Å². The van der Waals surface area contributed by atoms with Crippen LogP contribution in [0.25, 0.3) is 0 Å². The van der Waals surface area contributed by atoms with E-state index in [1.807, 2.05) is 32.0 Å². The van der Waals surface area contributed by atoms with Gasteiger partial charge in [-0.2, -0.15) is 0 Å². The molecule has 8 heteroatoms. The number of nitrogens with one attached hydrogen (secondary N) is 2. The second-order valence-electron chi connectivity index (χ2n) is 13.0. The SMILES string of the molecule is CC1(C)OCC(C)(C)C(C(=O)NCC(C(=O)O)[C@@H]2CCCC[C@@H]2NC(=O)C2(Cc3ccccc3)CCCC2)O1. The van der Waals surface area contributed by atoms with Crippen molar-refractivity contribution in [3.8, 4) is 0 Å². The number of carbonyl (C=O) groups excluding carboxylic acids is 2. The Kier molecular flexibility index (Phi) is 9.06. The van der Waals surface area contributed by atoms with E-state index in [-0.39, 0.29) is 30.3 Å². The molecule has 0 aromatic heterocycles. The van der Waals surface area contributed by atoms with E-state index in [1.54, 1.807) is 13.8 Å². The van der Waals surface area contributed by atoms with Crippen LogP contribution in [-0.2, 0) is 30.3 Å². The molecule has 4 atom stereocenters. The Hall–Kier alpha value is -2.45. The first-order chi connectivity index (χ1) is 18.4. The summed E-state index contributed by atoms with van der Waals surface area (Å²) in [6.45, 7) is 7.71. The Morgan fingerprint density at radius 3 is 2.33 bits per heavy atom. The number of carboxylic acid groups (broad SMARTS) is 1. The third-order valence-corrected chi connectivity index (χ3v) is 9.04. The maximum atomic E-state index is 13.8. The van der Waals surface area contributed by atoms with Crippen LogP contribution in [0.3, 0.4) is 0 Å². The number of hydrogen-bond donors (Lipinski definition) is 3. The zero-order valence-electron chi connectivity index (χ0n) is 24.0. The highest BCUT2D eigenvalue weighted by molar-refractivity contribution is 5.84. The first kappa shape index (κ1) is 29.5. The van der Waals surface area contributed by atoms with Gasteiger partial charge >= 0.3 is 5.97 Å². The van der Waals surface area contributed by atoms with Crippen LogP contribution in [0.2, 0.25) is 0 Å². The summed E-state index contributed by atoms with van der Waals surface area (Å²) in [5.74, 6) is -3.17. The van der Waals surface area contributed by atoms with Crippen LogP contribution in [0.15, 0.2) is 30.3 Å². The highest BCUT2D eigenvalue weighted by Crippen LogP contribution is 2.42. The summed E-state index contributed by atoms with van der Waals surface area (Å²) < 4.78 is 11.7. The van der Waals surface area contributed by atoms with Crippen LogP contribution in [0.5, 0.6) is 0 Å². The molecule has 3 N–H and O–H groups in total. The molecule has 2 saturated carbocycles. The number of hydrogen-bond acceptors (Lipinski definition) is 5. The second-order valence-corrected chi connectivity index (χ2v) is 13.0. The van der Waals surface area contributed by atoms with Crippen LogP contribution >= 0.6 is 0 Å². The van der Waals surface area contributed by atoms with Gasteiger partial charge in [0, 0.05) is 18.0 Å². The Balaban J connectivity index is 1.45. The summed E-state index contributed by atoms with van der Waals surface area (Å²) in [4.78, 5) is 39.5. The summed E-state index contributed by atoms with van der Waals surface area (Å²) in [6, 6.07) is 9.92. The standard InChI is InChI=1S/C31H46N2O6/c1-29(2)20-38-30(3,4)39-25(29)26(34)32-19-23(27(35)36)22-14-8-9-15-24(22)33-28(37)31(16-10-11-17-31)18-21-12-6-5-7-13-21/h5-7,12-13,22-25H,8-11,14-20H2,1-4H3,(H,32,34)(H,33,37)(H,35,36)/t22-,23?,24-,25?/m0/s1. The second kappa shape index (κ2) is 12.0. The van der Waals surface area contributed by atoms with Gasteiger partial charge in [0.1, 0.15) is 6.10 Å². The first-order valence-corrected chi connectivity index (χ1v) is 14.6. The lowest BCUT2D eigenvalue weighted by Crippen LogP contribution is -2.58. The molecule has 2 aliphatic carbocycles. The lowest BCUT2D eigenvalue weighted by atomic mass is 9.74. The molecule has 8 nitrogen and oxygen atoms in total. The van der Waals surface area contributed by atoms with Crippen LogP contribution in [0.4, 0.5) is 0 Å². The molecule has 0 radical (unpaired) electrons. The van der Waals surface area contributed by atoms with Crippen molar-refractivity contribution in [3.05, 3.63) is 35.9 Å². The van der Waals surface area contributed by atoms with Crippen molar-refractivity contribution in [1.29, 1.82) is 0 Å². The van der Waals surface area contributed by atoms with Crippen molar-refractivity contribution in [1.82, 2.24) is 10.6 Å². The van der Waals surface area contributed by atoms with E-state index >= 15 is 0 Å². The van der Waals surface area contributed by atoms with Gasteiger partial charge in [-0.1, -0.05) is 69.9 Å². The van der Waals surface area contributed by atoms with E-state index in [0.29, 0.717) is 19.4 Å². The molecule has 1 aromatic carbocycles. The number of amides is 2. The third-order valence-electron chi connectivity index (χ3n) is 9.04. The molecule has 1 aliphatic heterocycles. The molecule has 3 fully saturated rings. The Bertz CT molecular complexity index is 1020. The molecule has 1 saturated heterocycles. The topological polar surface area (TPSA) is 114 Å². The predicted molar refractivity (Wildman–Crippen MR) is 148 cm³/mol. The molecular weight excluding hydrogens is 496 g/mol. The third kappa shape index (κ3) is 7.01. The average molecular weight is 543 g/mol. The van der Waals surface area contributed by atoms with Gasteiger partial charge in [-0.15, -0.1) is 0 Å². The van der Waals surface area contributed by atoms with E-state index in [2.05, 4.69) is 22.8 Å². The Morgan fingerprint density at radius 2 is 1.67 bits per heavy atom. The van der Waals surface area contributed by atoms with Crippen LogP contribution in [0.1, 0.15) is 84.6 Å². The molecule has 1 aromatic rings. The van der Waals surface area contributed by atoms with Gasteiger partial charge in [0.05, 0.1) is 17.9 Å². The summed E-state index contributed by atoms with van der Waals surface area (Å²) in [7, 11) is 0. The summed E-state index contributed by atoms with van der Waals surface area (Å²) >= 11 is 0. The maximum Gasteiger partial charge on any atom is 0.308 e. The first-order valence-electron chi connectivity index (χ1n) is 14.6. The lowest BCUT2D eigenvalue weighted by molar-refractivity contribution is -0.304. The van der Waals surface area contributed by atoms with Crippen molar-refractivity contribution in [2.75, 3.05) is 13.2 Å². The average Bonchev–Trinajstić information content (AvgIpc) is 3.37. The molecule has 2 unspecified atom stereocenters. The number of benzene rings is 1. The summed E-state index contributed by atoms with van der Waals surface area (Å²) in [6.07, 6.45) is 7.01. The van der Waals surface area contributed by atoms with Gasteiger partial charge in [0.2, 0.25) is 11.8 Å². The number of carbonyl (C=O) groups is 3. The zero-order chi connectivity index (χ0) is 28.3. The van der Waals surface area contributed by atoms with Crippen molar-refractivity contribution in [2.45, 2.75) is 103 Å². The van der Waals surface area contributed by atoms with E-state index < -0.39 is 34.6 Å². The van der Waals surface area contributed by atoms with Gasteiger partial charge in [0.25, 0.3) is 0 Å². The molecule has 216 valence electrons. The van der Waals surface area contributed by atoms with Gasteiger partial charge in [-0.05, 0) is 57.4 Å².